The summed E-state index contributed by atoms with van der Waals surface area (Å²) in [5, 5.41) is 3.50. The van der Waals surface area contributed by atoms with Crippen molar-refractivity contribution in [1.29, 1.82) is 0 Å². The molecule has 2 rings (SSSR count). The van der Waals surface area contributed by atoms with Crippen molar-refractivity contribution in [3.63, 3.8) is 0 Å². The maximum Gasteiger partial charge on any atom is 0.341 e. The molecule has 2 aromatic carbocycles. The molecule has 1 N–H and O–H groups in total. The zero-order chi connectivity index (χ0) is 25.8. The molecule has 0 amide bonds. The molecule has 0 saturated carbocycles. The third-order valence-corrected chi connectivity index (χ3v) is 11.2. The van der Waals surface area contributed by atoms with Gasteiger partial charge in [-0.05, 0) is 80.2 Å². The summed E-state index contributed by atoms with van der Waals surface area (Å²) >= 11 is 0. The molecule has 0 saturated heterocycles. The summed E-state index contributed by atoms with van der Waals surface area (Å²) in [4.78, 5) is 13.8. The summed E-state index contributed by atoms with van der Waals surface area (Å²) in [5.74, 6) is 1.15. The number of rotatable bonds is 9. The first kappa shape index (κ1) is 27.9. The number of nitrogens with one attached hydrogen (secondary N) is 1. The van der Waals surface area contributed by atoms with E-state index in [1.165, 1.54) is 0 Å². The van der Waals surface area contributed by atoms with Crippen molar-refractivity contribution in [2.45, 2.75) is 85.7 Å². The average Bonchev–Trinajstić information content (AvgIpc) is 2.72. The Balaban J connectivity index is 2.46. The van der Waals surface area contributed by atoms with Crippen LogP contribution in [0.15, 0.2) is 36.4 Å². The minimum atomic E-state index is -2.29. The van der Waals surface area contributed by atoms with E-state index in [-0.39, 0.29) is 23.0 Å². The third kappa shape index (κ3) is 6.86. The van der Waals surface area contributed by atoms with E-state index in [1.54, 1.807) is 7.11 Å². The predicted molar refractivity (Wildman–Crippen MR) is 144 cm³/mol. The van der Waals surface area contributed by atoms with E-state index in [2.05, 4.69) is 53.0 Å². The van der Waals surface area contributed by atoms with Gasteiger partial charge in [0.2, 0.25) is 0 Å². The van der Waals surface area contributed by atoms with E-state index in [4.69, 9.17) is 13.9 Å². The molecule has 5 nitrogen and oxygen atoms in total. The Morgan fingerprint density at radius 1 is 0.971 bits per heavy atom. The lowest BCUT2D eigenvalue weighted by atomic mass is 9.98. The molecule has 0 heterocycles. The van der Waals surface area contributed by atoms with Gasteiger partial charge in [0.15, 0.2) is 14.4 Å². The van der Waals surface area contributed by atoms with Crippen molar-refractivity contribution in [3.8, 4) is 11.5 Å². The van der Waals surface area contributed by atoms with Gasteiger partial charge in [0.25, 0.3) is 0 Å². The van der Waals surface area contributed by atoms with Crippen molar-refractivity contribution in [3.05, 3.63) is 53.1 Å². The number of hydrogen-bond donors (Lipinski definition) is 1. The molecular weight excluding hydrogens is 442 g/mol. The molecular formula is C28H43NO4Si. The van der Waals surface area contributed by atoms with Crippen LogP contribution in [-0.2, 0) is 9.22 Å². The van der Waals surface area contributed by atoms with Crippen LogP contribution in [-0.4, -0.2) is 33.5 Å². The van der Waals surface area contributed by atoms with Crippen LogP contribution in [0, 0.1) is 26.7 Å². The van der Waals surface area contributed by atoms with Gasteiger partial charge in [-0.2, -0.15) is 0 Å². The van der Waals surface area contributed by atoms with E-state index in [1.807, 2.05) is 57.2 Å². The number of methoxy groups -OCH3 is 1. The largest absolute Gasteiger partial charge is 0.497 e. The molecule has 188 valence electrons. The summed E-state index contributed by atoms with van der Waals surface area (Å²) in [6.45, 7) is 21.1. The number of carbonyl (C=O) groups is 1. The van der Waals surface area contributed by atoms with Gasteiger partial charge < -0.3 is 19.2 Å². The fourth-order valence-corrected chi connectivity index (χ4v) is 4.95. The molecule has 0 fully saturated rings. The zero-order valence-corrected chi connectivity index (χ0v) is 23.8. The van der Waals surface area contributed by atoms with Gasteiger partial charge >= 0.3 is 5.97 Å². The molecule has 0 spiro atoms. The van der Waals surface area contributed by atoms with Gasteiger partial charge in [0.05, 0.1) is 13.2 Å². The third-order valence-electron chi connectivity index (χ3n) is 6.74. The molecule has 6 heteroatoms. The lowest BCUT2D eigenvalue weighted by Gasteiger charge is -2.41. The van der Waals surface area contributed by atoms with Crippen LogP contribution in [0.3, 0.4) is 0 Å². The smallest absolute Gasteiger partial charge is 0.341 e. The molecule has 0 aliphatic carbocycles. The van der Waals surface area contributed by atoms with Crippen molar-refractivity contribution in [1.82, 2.24) is 0 Å². The minimum absolute atomic E-state index is 0.0527. The van der Waals surface area contributed by atoms with Crippen LogP contribution in [0.4, 0.5) is 5.69 Å². The highest BCUT2D eigenvalue weighted by molar-refractivity contribution is 6.74. The quantitative estimate of drug-likeness (QED) is 0.234. The first-order valence-corrected chi connectivity index (χ1v) is 14.9. The molecule has 0 aliphatic rings. The predicted octanol–water partition coefficient (Wildman–Crippen LogP) is 7.05. The van der Waals surface area contributed by atoms with Crippen molar-refractivity contribution in [2.75, 3.05) is 12.4 Å². The summed E-state index contributed by atoms with van der Waals surface area (Å²) in [5.41, 5.74) is 3.94. The van der Waals surface area contributed by atoms with E-state index < -0.39 is 14.4 Å². The lowest BCUT2D eigenvalue weighted by Crippen LogP contribution is -2.54. The van der Waals surface area contributed by atoms with Gasteiger partial charge in [0, 0.05) is 5.69 Å². The van der Waals surface area contributed by atoms with E-state index in [0.717, 1.165) is 28.1 Å². The highest BCUT2D eigenvalue weighted by Gasteiger charge is 2.44. The zero-order valence-electron chi connectivity index (χ0n) is 22.8. The molecule has 0 radical (unpaired) electrons. The number of hydrogen-bond acceptors (Lipinski definition) is 5. The number of esters is 1. The van der Waals surface area contributed by atoms with Crippen molar-refractivity contribution < 1.29 is 18.7 Å². The molecule has 0 aromatic heterocycles. The topological polar surface area (TPSA) is 56.8 Å². The SMILES string of the molecule is COc1ccc(N[C@H](C(C)C)[C@@H](O[Si](C)(C)C(C)(C)C)C(=O)Oc2c(C)cc(C)cc2C)cc1. The molecule has 2 atom stereocenters. The average molecular weight is 486 g/mol. The van der Waals surface area contributed by atoms with Crippen LogP contribution in [0.2, 0.25) is 18.1 Å². The molecule has 0 bridgehead atoms. The van der Waals surface area contributed by atoms with Crippen LogP contribution in [0.1, 0.15) is 51.3 Å². The molecule has 0 aliphatic heterocycles. The molecule has 2 aromatic rings. The van der Waals surface area contributed by atoms with Gasteiger partial charge in [-0.25, -0.2) is 4.79 Å². The number of benzene rings is 2. The Bertz CT molecular complexity index is 954. The second kappa shape index (κ2) is 11.0. The van der Waals surface area contributed by atoms with Crippen LogP contribution < -0.4 is 14.8 Å². The Kier molecular flexibility index (Phi) is 9.00. The maximum atomic E-state index is 13.8. The Labute approximate surface area is 207 Å². The second-order valence-electron chi connectivity index (χ2n) is 11.1. The van der Waals surface area contributed by atoms with E-state index >= 15 is 0 Å². The first-order valence-electron chi connectivity index (χ1n) is 12.0. The van der Waals surface area contributed by atoms with E-state index in [0.29, 0.717) is 5.75 Å². The van der Waals surface area contributed by atoms with Crippen molar-refractivity contribution >= 4 is 20.0 Å². The number of ether oxygens (including phenoxy) is 2. The number of aryl methyl sites for hydroxylation is 3. The fourth-order valence-electron chi connectivity index (χ4n) is 3.72. The fraction of sp³-hybridized carbons (Fsp3) is 0.536. The van der Waals surface area contributed by atoms with Gasteiger partial charge in [-0.3, -0.25) is 0 Å². The highest BCUT2D eigenvalue weighted by atomic mass is 28.4. The second-order valence-corrected chi connectivity index (χ2v) is 15.8. The lowest BCUT2D eigenvalue weighted by molar-refractivity contribution is -0.144. The summed E-state index contributed by atoms with van der Waals surface area (Å²) in [6.07, 6.45) is -0.761. The standard InChI is InChI=1S/C28H43NO4Si/c1-18(2)24(29-22-12-14-23(31-9)15-13-22)26(33-34(10,11)28(6,7)8)27(30)32-25-20(4)16-19(3)17-21(25)5/h12-18,24,26,29H,1-11H3/t24-,26-/m1/s1. The Hall–Kier alpha value is -2.31. The summed E-state index contributed by atoms with van der Waals surface area (Å²) in [6, 6.07) is 11.5. The Morgan fingerprint density at radius 2 is 1.50 bits per heavy atom. The van der Waals surface area contributed by atoms with Crippen LogP contribution in [0.25, 0.3) is 0 Å². The number of anilines is 1. The van der Waals surface area contributed by atoms with Gasteiger partial charge in [0.1, 0.15) is 11.5 Å². The summed E-state index contributed by atoms with van der Waals surface area (Å²) < 4.78 is 18.1. The number of carbonyl (C=O) groups excluding carboxylic acids is 1. The Morgan fingerprint density at radius 3 is 1.94 bits per heavy atom. The van der Waals surface area contributed by atoms with Crippen molar-refractivity contribution in [2.24, 2.45) is 5.92 Å². The van der Waals surface area contributed by atoms with Crippen LogP contribution >= 0.6 is 0 Å². The van der Waals surface area contributed by atoms with E-state index in [9.17, 15) is 4.79 Å². The highest BCUT2D eigenvalue weighted by Crippen LogP contribution is 2.39. The summed E-state index contributed by atoms with van der Waals surface area (Å²) in [7, 11) is -0.639. The molecule has 0 unspecified atom stereocenters. The maximum absolute atomic E-state index is 13.8. The minimum Gasteiger partial charge on any atom is -0.497 e. The van der Waals surface area contributed by atoms with Gasteiger partial charge in [-0.15, -0.1) is 0 Å². The molecule has 34 heavy (non-hydrogen) atoms. The monoisotopic (exact) mass is 485 g/mol. The van der Waals surface area contributed by atoms with Crippen LogP contribution in [0.5, 0.6) is 11.5 Å². The normalized spacial score (nSPS) is 14.0. The first-order chi connectivity index (χ1) is 15.7. The van der Waals surface area contributed by atoms with Gasteiger partial charge in [-0.1, -0.05) is 52.3 Å².